The molecule has 1 atom stereocenters. The van der Waals surface area contributed by atoms with Crippen LogP contribution >= 0.6 is 10.0 Å². The number of rotatable bonds is 10. The van der Waals surface area contributed by atoms with E-state index in [1.54, 1.807) is 0 Å². The second-order valence-electron chi connectivity index (χ2n) is 5.67. The zero-order valence-corrected chi connectivity index (χ0v) is 13.8. The lowest BCUT2D eigenvalue weighted by molar-refractivity contribution is -0.138. The molecule has 0 fully saturated rings. The highest BCUT2D eigenvalue weighted by Gasteiger charge is 2.22. The minimum Gasteiger partial charge on any atom is -0.320 e. The van der Waals surface area contributed by atoms with Gasteiger partial charge in [-0.2, -0.15) is 0 Å². The van der Waals surface area contributed by atoms with E-state index in [9.17, 15) is 9.59 Å². The molecule has 0 aliphatic rings. The first-order chi connectivity index (χ1) is 8.81. The van der Waals surface area contributed by atoms with Gasteiger partial charge in [0, 0.05) is 12.3 Å². The van der Waals surface area contributed by atoms with Crippen LogP contribution in [0.15, 0.2) is 11.5 Å². The van der Waals surface area contributed by atoms with E-state index in [0.29, 0.717) is 0 Å². The topological polar surface area (TPSA) is 46.2 Å². The molecule has 0 amide bonds. The fourth-order valence-corrected chi connectivity index (χ4v) is 2.52. The van der Waals surface area contributed by atoms with Gasteiger partial charge in [-0.3, -0.25) is 9.59 Å². The van der Waals surface area contributed by atoms with Crippen LogP contribution in [0.2, 0.25) is 0 Å². The molecule has 0 aliphatic carbocycles. The molecular formula is C15H29NO2S. The average molecular weight is 287 g/mol. The summed E-state index contributed by atoms with van der Waals surface area (Å²) < 4.78 is 0. The predicted molar refractivity (Wildman–Crippen MR) is 86.1 cm³/mol. The third-order valence-corrected chi connectivity index (χ3v) is 3.84. The van der Waals surface area contributed by atoms with Gasteiger partial charge >= 0.3 is 0 Å². The van der Waals surface area contributed by atoms with Gasteiger partial charge in [-0.15, -0.1) is 0 Å². The minimum absolute atomic E-state index is 0.111. The molecule has 19 heavy (non-hydrogen) atoms. The van der Waals surface area contributed by atoms with Crippen molar-refractivity contribution >= 4 is 21.6 Å². The van der Waals surface area contributed by atoms with Gasteiger partial charge in [0.25, 0.3) is 0 Å². The number of allylic oxidation sites excluding steroid dienone is 1. The van der Waals surface area contributed by atoms with Crippen LogP contribution in [0.5, 0.6) is 0 Å². The third-order valence-electron chi connectivity index (χ3n) is 2.83. The lowest BCUT2D eigenvalue weighted by atomic mass is 9.91. The zero-order valence-electron chi connectivity index (χ0n) is 13.0. The van der Waals surface area contributed by atoms with Crippen LogP contribution in [-0.2, 0) is 9.59 Å². The Bertz CT molecular complexity index is 319. The standard InChI is InChI=1S/C15H29NO2S/c1-6-8-13(10-11-16-2)15(18)14(17)9-7-12-19(3,4)5/h7,12-13,16H,6,8-11H2,1-5H3/b12-7-. The summed E-state index contributed by atoms with van der Waals surface area (Å²) in [7, 11) is 1.12. The highest BCUT2D eigenvalue weighted by atomic mass is 32.3. The Labute approximate surface area is 119 Å². The normalized spacial score (nSPS) is 14.6. The third kappa shape index (κ3) is 9.00. The Morgan fingerprint density at radius 1 is 1.21 bits per heavy atom. The Kier molecular flexibility index (Phi) is 9.02. The SMILES string of the molecule is CCCC(CCNC)C(=O)C(=O)C/C=C\S(C)(C)C. The fraction of sp³-hybridized carbons (Fsp3) is 0.733. The number of hydrogen-bond acceptors (Lipinski definition) is 3. The van der Waals surface area contributed by atoms with E-state index in [0.717, 1.165) is 25.8 Å². The number of ketones is 2. The van der Waals surface area contributed by atoms with Crippen molar-refractivity contribution in [3.8, 4) is 0 Å². The van der Waals surface area contributed by atoms with E-state index < -0.39 is 10.0 Å². The van der Waals surface area contributed by atoms with Crippen molar-refractivity contribution in [2.75, 3.05) is 32.4 Å². The van der Waals surface area contributed by atoms with E-state index >= 15 is 0 Å². The summed E-state index contributed by atoms with van der Waals surface area (Å²) in [6.45, 7) is 2.83. The van der Waals surface area contributed by atoms with Gasteiger partial charge < -0.3 is 5.32 Å². The quantitative estimate of drug-likeness (QED) is 0.628. The maximum atomic E-state index is 12.1. The van der Waals surface area contributed by atoms with Crippen LogP contribution in [0.1, 0.15) is 32.6 Å². The van der Waals surface area contributed by atoms with Crippen LogP contribution < -0.4 is 5.32 Å². The summed E-state index contributed by atoms with van der Waals surface area (Å²) in [5, 5.41) is 5.11. The van der Waals surface area contributed by atoms with E-state index in [4.69, 9.17) is 0 Å². The van der Waals surface area contributed by atoms with Crippen LogP contribution in [-0.4, -0.2) is 43.9 Å². The summed E-state index contributed by atoms with van der Waals surface area (Å²) in [5.41, 5.74) is 0. The second-order valence-corrected chi connectivity index (χ2v) is 9.81. The van der Waals surface area contributed by atoms with Crippen molar-refractivity contribution in [1.29, 1.82) is 0 Å². The lowest BCUT2D eigenvalue weighted by Crippen LogP contribution is -2.26. The van der Waals surface area contributed by atoms with E-state index in [1.165, 1.54) is 0 Å². The molecule has 0 spiro atoms. The molecule has 0 saturated heterocycles. The molecule has 1 N–H and O–H groups in total. The molecule has 0 aliphatic heterocycles. The van der Waals surface area contributed by atoms with Crippen LogP contribution in [0, 0.1) is 5.92 Å². The van der Waals surface area contributed by atoms with Crippen LogP contribution in [0.25, 0.3) is 0 Å². The Balaban J connectivity index is 4.41. The monoisotopic (exact) mass is 287 g/mol. The van der Waals surface area contributed by atoms with Crippen LogP contribution in [0.4, 0.5) is 0 Å². The summed E-state index contributed by atoms with van der Waals surface area (Å²) in [6.07, 6.45) is 11.1. The number of nitrogens with one attached hydrogen (secondary N) is 1. The molecule has 0 heterocycles. The smallest absolute Gasteiger partial charge is 0.202 e. The van der Waals surface area contributed by atoms with Gasteiger partial charge in [-0.05, 0) is 45.2 Å². The van der Waals surface area contributed by atoms with Crippen molar-refractivity contribution in [3.63, 3.8) is 0 Å². The molecule has 0 saturated carbocycles. The maximum absolute atomic E-state index is 12.1. The summed E-state index contributed by atoms with van der Waals surface area (Å²) in [6, 6.07) is 0. The molecule has 0 radical (unpaired) electrons. The van der Waals surface area contributed by atoms with Gasteiger partial charge in [0.05, 0.1) is 0 Å². The first-order valence-electron chi connectivity index (χ1n) is 6.88. The highest BCUT2D eigenvalue weighted by molar-refractivity contribution is 8.34. The number of Topliss-reactive ketones (excluding diaryl/α,β-unsaturated/α-hetero) is 2. The first-order valence-corrected chi connectivity index (χ1v) is 9.80. The molecule has 0 aromatic carbocycles. The molecule has 1 unspecified atom stereocenters. The van der Waals surface area contributed by atoms with Gasteiger partial charge in [0.1, 0.15) is 0 Å². The Morgan fingerprint density at radius 2 is 1.84 bits per heavy atom. The second kappa shape index (κ2) is 9.32. The Morgan fingerprint density at radius 3 is 2.32 bits per heavy atom. The van der Waals surface area contributed by atoms with E-state index in [2.05, 4.69) is 29.5 Å². The van der Waals surface area contributed by atoms with Crippen molar-refractivity contribution in [1.82, 2.24) is 5.32 Å². The van der Waals surface area contributed by atoms with E-state index in [1.807, 2.05) is 20.0 Å². The van der Waals surface area contributed by atoms with Crippen molar-refractivity contribution in [2.24, 2.45) is 5.92 Å². The molecule has 3 nitrogen and oxygen atoms in total. The van der Waals surface area contributed by atoms with Crippen molar-refractivity contribution in [2.45, 2.75) is 32.6 Å². The van der Waals surface area contributed by atoms with Crippen LogP contribution in [0.3, 0.4) is 0 Å². The predicted octanol–water partition coefficient (Wildman–Crippen LogP) is 2.75. The van der Waals surface area contributed by atoms with Crippen molar-refractivity contribution in [3.05, 3.63) is 11.5 Å². The summed E-state index contributed by atoms with van der Waals surface area (Å²) in [4.78, 5) is 24.0. The molecule has 112 valence electrons. The molecule has 0 rings (SSSR count). The minimum atomic E-state index is -0.744. The molecular weight excluding hydrogens is 258 g/mol. The van der Waals surface area contributed by atoms with Gasteiger partial charge in [0.15, 0.2) is 0 Å². The maximum Gasteiger partial charge on any atom is 0.202 e. The van der Waals surface area contributed by atoms with Gasteiger partial charge in [0.2, 0.25) is 11.6 Å². The van der Waals surface area contributed by atoms with Gasteiger partial charge in [-0.1, -0.05) is 24.8 Å². The number of hydrogen-bond donors (Lipinski definition) is 1. The number of carbonyl (C=O) groups is 2. The Hall–Kier alpha value is -0.610. The first kappa shape index (κ1) is 18.4. The van der Waals surface area contributed by atoms with E-state index in [-0.39, 0.29) is 23.9 Å². The molecule has 0 aromatic heterocycles. The fourth-order valence-electron chi connectivity index (χ4n) is 1.85. The highest BCUT2D eigenvalue weighted by Crippen LogP contribution is 2.36. The lowest BCUT2D eigenvalue weighted by Gasteiger charge is -2.19. The van der Waals surface area contributed by atoms with Gasteiger partial charge in [-0.25, -0.2) is 10.0 Å². The number of carbonyl (C=O) groups excluding carboxylic acids is 2. The molecule has 4 heteroatoms. The molecule has 0 bridgehead atoms. The largest absolute Gasteiger partial charge is 0.320 e. The average Bonchev–Trinajstić information content (AvgIpc) is 2.31. The summed E-state index contributed by atoms with van der Waals surface area (Å²) in [5.74, 6) is -0.541. The summed E-state index contributed by atoms with van der Waals surface area (Å²) >= 11 is 0. The van der Waals surface area contributed by atoms with Crippen molar-refractivity contribution < 1.29 is 9.59 Å². The molecule has 0 aromatic rings. The zero-order chi connectivity index (χ0) is 14.9.